The standard InChI is InChI=1S/C30H32S.C2H6/c1-29(2,3)20-11-13-23-25(16-20)26-17-21(30(4,5)6)12-14-24(26)27(23)18-22-15-19-9-7-8-10-28(19)31-22;1-2/h7-17,27H,18H2,1-6H3;1-2H3. The summed E-state index contributed by atoms with van der Waals surface area (Å²) < 4.78 is 1.39. The molecule has 1 aliphatic rings. The van der Waals surface area contributed by atoms with Gasteiger partial charge in [-0.15, -0.1) is 11.3 Å². The van der Waals surface area contributed by atoms with E-state index in [0.717, 1.165) is 6.42 Å². The predicted molar refractivity (Wildman–Crippen MR) is 148 cm³/mol. The second-order valence-corrected chi connectivity index (χ2v) is 12.3. The largest absolute Gasteiger partial charge is 0.140 e. The van der Waals surface area contributed by atoms with E-state index in [2.05, 4.69) is 108 Å². The highest BCUT2D eigenvalue weighted by atomic mass is 32.1. The van der Waals surface area contributed by atoms with Crippen molar-refractivity contribution in [2.45, 2.75) is 78.6 Å². The summed E-state index contributed by atoms with van der Waals surface area (Å²) in [5.41, 5.74) is 9.01. The van der Waals surface area contributed by atoms with E-state index in [1.807, 2.05) is 25.2 Å². The molecule has 0 saturated heterocycles. The highest BCUT2D eigenvalue weighted by Gasteiger charge is 2.31. The van der Waals surface area contributed by atoms with Gasteiger partial charge in [0.2, 0.25) is 0 Å². The van der Waals surface area contributed by atoms with Gasteiger partial charge in [0.15, 0.2) is 0 Å². The zero-order chi connectivity index (χ0) is 24.0. The molecule has 1 aliphatic carbocycles. The van der Waals surface area contributed by atoms with Gasteiger partial charge >= 0.3 is 0 Å². The zero-order valence-corrected chi connectivity index (χ0v) is 22.4. The molecule has 0 radical (unpaired) electrons. The van der Waals surface area contributed by atoms with Crippen LogP contribution in [0.25, 0.3) is 21.2 Å². The van der Waals surface area contributed by atoms with Crippen LogP contribution in [0.3, 0.4) is 0 Å². The summed E-state index contributed by atoms with van der Waals surface area (Å²) in [5.74, 6) is 0.432. The van der Waals surface area contributed by atoms with Gasteiger partial charge in [0.25, 0.3) is 0 Å². The molecule has 4 aromatic rings. The monoisotopic (exact) mass is 454 g/mol. The lowest BCUT2D eigenvalue weighted by Crippen LogP contribution is -2.11. The number of hydrogen-bond acceptors (Lipinski definition) is 1. The van der Waals surface area contributed by atoms with E-state index in [-0.39, 0.29) is 10.8 Å². The van der Waals surface area contributed by atoms with E-state index in [9.17, 15) is 0 Å². The highest BCUT2D eigenvalue weighted by Crippen LogP contribution is 2.49. The molecule has 33 heavy (non-hydrogen) atoms. The Kier molecular flexibility index (Phi) is 6.31. The summed E-state index contributed by atoms with van der Waals surface area (Å²) in [7, 11) is 0. The average molecular weight is 455 g/mol. The quantitative estimate of drug-likeness (QED) is 0.283. The Bertz CT molecular complexity index is 1180. The molecule has 0 fully saturated rings. The topological polar surface area (TPSA) is 0 Å². The van der Waals surface area contributed by atoms with E-state index in [0.29, 0.717) is 5.92 Å². The Morgan fingerprint density at radius 1 is 0.667 bits per heavy atom. The van der Waals surface area contributed by atoms with Crippen molar-refractivity contribution in [1.82, 2.24) is 0 Å². The molecule has 1 aromatic heterocycles. The molecule has 1 heteroatoms. The van der Waals surface area contributed by atoms with Crippen LogP contribution in [-0.2, 0) is 17.3 Å². The third-order valence-electron chi connectivity index (χ3n) is 6.76. The summed E-state index contributed by atoms with van der Waals surface area (Å²) in [6, 6.07) is 25.6. The molecule has 0 N–H and O–H groups in total. The molecule has 0 nitrogen and oxygen atoms in total. The maximum Gasteiger partial charge on any atom is 0.0345 e. The first-order chi connectivity index (χ1) is 15.6. The number of fused-ring (bicyclic) bond motifs is 4. The van der Waals surface area contributed by atoms with Crippen LogP contribution in [0.15, 0.2) is 66.7 Å². The van der Waals surface area contributed by atoms with Crippen molar-refractivity contribution < 1.29 is 0 Å². The molecule has 0 saturated carbocycles. The van der Waals surface area contributed by atoms with Gasteiger partial charge in [0.1, 0.15) is 0 Å². The van der Waals surface area contributed by atoms with Crippen molar-refractivity contribution in [3.05, 3.63) is 93.9 Å². The minimum Gasteiger partial charge on any atom is -0.140 e. The number of thiophene rings is 1. The minimum absolute atomic E-state index is 0.153. The van der Waals surface area contributed by atoms with E-state index >= 15 is 0 Å². The molecular formula is C32H38S. The van der Waals surface area contributed by atoms with Gasteiger partial charge < -0.3 is 0 Å². The maximum atomic E-state index is 2.46. The third kappa shape index (κ3) is 4.53. The Hall–Kier alpha value is -2.38. The first-order valence-corrected chi connectivity index (χ1v) is 13.2. The van der Waals surface area contributed by atoms with Crippen molar-refractivity contribution in [3.8, 4) is 11.1 Å². The summed E-state index contributed by atoms with van der Waals surface area (Å²) >= 11 is 1.95. The lowest BCUT2D eigenvalue weighted by molar-refractivity contribution is 0.589. The smallest absolute Gasteiger partial charge is 0.0345 e. The molecule has 3 aromatic carbocycles. The van der Waals surface area contributed by atoms with Gasteiger partial charge in [-0.2, -0.15) is 0 Å². The molecule has 0 spiro atoms. The summed E-state index contributed by atoms with van der Waals surface area (Å²) in [5, 5.41) is 1.37. The Balaban J connectivity index is 0.00000126. The fourth-order valence-corrected chi connectivity index (χ4v) is 5.96. The van der Waals surface area contributed by atoms with E-state index in [4.69, 9.17) is 0 Å². The SMILES string of the molecule is CC.CC(C)(C)c1ccc2c(c1)-c1cc(C(C)(C)C)ccc1C2Cc1cc2ccccc2s1. The van der Waals surface area contributed by atoms with Crippen LogP contribution in [0.4, 0.5) is 0 Å². The summed E-state index contributed by atoms with van der Waals surface area (Å²) in [6.07, 6.45) is 1.07. The lowest BCUT2D eigenvalue weighted by atomic mass is 9.83. The second kappa shape index (κ2) is 8.76. The van der Waals surface area contributed by atoms with E-state index in [1.54, 1.807) is 0 Å². The zero-order valence-electron chi connectivity index (χ0n) is 21.5. The van der Waals surface area contributed by atoms with Crippen molar-refractivity contribution >= 4 is 21.4 Å². The molecule has 0 amide bonds. The number of rotatable bonds is 2. The van der Waals surface area contributed by atoms with Gasteiger partial charge in [-0.1, -0.05) is 110 Å². The lowest BCUT2D eigenvalue weighted by Gasteiger charge is -2.21. The predicted octanol–water partition coefficient (Wildman–Crippen LogP) is 9.88. The van der Waals surface area contributed by atoms with Crippen LogP contribution < -0.4 is 0 Å². The highest BCUT2D eigenvalue weighted by molar-refractivity contribution is 7.19. The van der Waals surface area contributed by atoms with Gasteiger partial charge in [-0.05, 0) is 68.2 Å². The molecule has 1 heterocycles. The second-order valence-electron chi connectivity index (χ2n) is 11.1. The van der Waals surface area contributed by atoms with E-state index in [1.165, 1.54) is 48.3 Å². The van der Waals surface area contributed by atoms with Crippen LogP contribution in [0.2, 0.25) is 0 Å². The first-order valence-electron chi connectivity index (χ1n) is 12.4. The average Bonchev–Trinajstić information content (AvgIpc) is 3.32. The van der Waals surface area contributed by atoms with Crippen LogP contribution >= 0.6 is 11.3 Å². The van der Waals surface area contributed by atoms with Crippen molar-refractivity contribution in [2.75, 3.05) is 0 Å². The van der Waals surface area contributed by atoms with Crippen molar-refractivity contribution in [2.24, 2.45) is 0 Å². The summed E-state index contributed by atoms with van der Waals surface area (Å²) in [6.45, 7) is 17.9. The van der Waals surface area contributed by atoms with Gasteiger partial charge in [-0.3, -0.25) is 0 Å². The van der Waals surface area contributed by atoms with Crippen LogP contribution in [-0.4, -0.2) is 0 Å². The molecule has 0 aliphatic heterocycles. The molecule has 0 atom stereocenters. The molecule has 0 bridgehead atoms. The molecule has 0 unspecified atom stereocenters. The molecule has 172 valence electrons. The fourth-order valence-electron chi connectivity index (χ4n) is 4.85. The van der Waals surface area contributed by atoms with Crippen molar-refractivity contribution in [3.63, 3.8) is 0 Å². The Morgan fingerprint density at radius 3 is 1.67 bits per heavy atom. The Labute approximate surface area is 204 Å². The molecular weight excluding hydrogens is 416 g/mol. The van der Waals surface area contributed by atoms with Crippen molar-refractivity contribution in [1.29, 1.82) is 0 Å². The van der Waals surface area contributed by atoms with Crippen LogP contribution in [0.1, 0.15) is 88.4 Å². The van der Waals surface area contributed by atoms with Gasteiger partial charge in [0, 0.05) is 15.5 Å². The van der Waals surface area contributed by atoms with Gasteiger partial charge in [0.05, 0.1) is 0 Å². The first kappa shape index (κ1) is 23.8. The molecule has 5 rings (SSSR count). The van der Waals surface area contributed by atoms with Crippen LogP contribution in [0.5, 0.6) is 0 Å². The minimum atomic E-state index is 0.153. The number of hydrogen-bond donors (Lipinski definition) is 0. The summed E-state index contributed by atoms with van der Waals surface area (Å²) in [4.78, 5) is 1.48. The number of benzene rings is 3. The third-order valence-corrected chi connectivity index (χ3v) is 7.90. The van der Waals surface area contributed by atoms with Gasteiger partial charge in [-0.25, -0.2) is 0 Å². The maximum absolute atomic E-state index is 2.46. The Morgan fingerprint density at radius 2 is 1.18 bits per heavy atom. The normalized spacial score (nSPS) is 13.5. The van der Waals surface area contributed by atoms with E-state index < -0.39 is 0 Å². The fraction of sp³-hybridized carbons (Fsp3) is 0.375. The van der Waals surface area contributed by atoms with Crippen LogP contribution in [0, 0.1) is 0 Å².